The number of benzene rings is 2. The molecule has 0 fully saturated rings. The van der Waals surface area contributed by atoms with E-state index in [1.54, 1.807) is 24.3 Å². The number of hydrogen-bond donors (Lipinski definition) is 1. The van der Waals surface area contributed by atoms with E-state index in [0.717, 1.165) is 0 Å². The van der Waals surface area contributed by atoms with Gasteiger partial charge in [0, 0.05) is 16.6 Å². The zero-order valence-corrected chi connectivity index (χ0v) is 9.40. The highest BCUT2D eigenvalue weighted by molar-refractivity contribution is 7.74. The summed E-state index contributed by atoms with van der Waals surface area (Å²) in [7, 11) is 0. The van der Waals surface area contributed by atoms with E-state index in [4.69, 9.17) is 5.73 Å². The molecule has 0 saturated heterocycles. The van der Waals surface area contributed by atoms with Crippen LogP contribution >= 0.6 is 0 Å². The lowest BCUT2D eigenvalue weighted by Gasteiger charge is -2.11. The molecule has 0 saturated carbocycles. The molecule has 0 heterocycles. The highest BCUT2D eigenvalue weighted by atomic mass is 32.2. The van der Waals surface area contributed by atoms with E-state index in [9.17, 15) is 13.6 Å². The van der Waals surface area contributed by atoms with Gasteiger partial charge in [-0.1, -0.05) is 6.07 Å². The van der Waals surface area contributed by atoms with Crippen LogP contribution in [0.5, 0.6) is 5.75 Å². The van der Waals surface area contributed by atoms with Crippen LogP contribution in [0.2, 0.25) is 0 Å². The fraction of sp³-hybridized carbons (Fsp3) is 0. The SMILES string of the molecule is Nc1ccc2cc(C=O)cc(OS(=O)[O-])c2c1. The van der Waals surface area contributed by atoms with Crippen LogP contribution < -0.4 is 9.92 Å². The Morgan fingerprint density at radius 2 is 2.06 bits per heavy atom. The van der Waals surface area contributed by atoms with Gasteiger partial charge in [0.2, 0.25) is 0 Å². The van der Waals surface area contributed by atoms with Gasteiger partial charge in [0.15, 0.2) is 0 Å². The van der Waals surface area contributed by atoms with Gasteiger partial charge in [-0.05, 0) is 29.7 Å². The van der Waals surface area contributed by atoms with Crippen LogP contribution in [0, 0.1) is 0 Å². The van der Waals surface area contributed by atoms with Gasteiger partial charge in [0.1, 0.15) is 23.4 Å². The maximum Gasteiger partial charge on any atom is 0.150 e. The van der Waals surface area contributed by atoms with Crippen molar-refractivity contribution in [2.75, 3.05) is 5.73 Å². The standard InChI is InChI=1S/C11H9NO4S/c12-9-2-1-8-3-7(6-13)4-11(10(8)5-9)16-17(14)15/h1-6H,12H2,(H,14,15)/p-1. The van der Waals surface area contributed by atoms with E-state index in [1.807, 2.05) is 0 Å². The number of hydrogen-bond acceptors (Lipinski definition) is 5. The van der Waals surface area contributed by atoms with Crippen molar-refractivity contribution in [1.29, 1.82) is 0 Å². The molecule has 2 rings (SSSR count). The minimum atomic E-state index is -2.70. The Morgan fingerprint density at radius 3 is 2.71 bits per heavy atom. The lowest BCUT2D eigenvalue weighted by Crippen LogP contribution is -1.99. The molecule has 2 aromatic carbocycles. The Hall–Kier alpha value is -1.92. The van der Waals surface area contributed by atoms with Crippen LogP contribution in [-0.4, -0.2) is 15.0 Å². The molecule has 0 aliphatic heterocycles. The molecule has 0 spiro atoms. The van der Waals surface area contributed by atoms with Crippen molar-refractivity contribution in [3.05, 3.63) is 35.9 Å². The fourth-order valence-corrected chi connectivity index (χ4v) is 1.86. The van der Waals surface area contributed by atoms with E-state index in [0.29, 0.717) is 28.3 Å². The number of anilines is 1. The summed E-state index contributed by atoms with van der Waals surface area (Å²) >= 11 is -2.70. The number of nitrogens with two attached hydrogens (primary N) is 1. The van der Waals surface area contributed by atoms with Gasteiger partial charge in [-0.3, -0.25) is 4.79 Å². The number of rotatable bonds is 3. The number of carbonyl (C=O) groups excluding carboxylic acids is 1. The third kappa shape index (κ3) is 2.43. The van der Waals surface area contributed by atoms with E-state index < -0.39 is 11.4 Å². The number of fused-ring (bicyclic) bond motifs is 1. The molecule has 0 bridgehead atoms. The monoisotopic (exact) mass is 250 g/mol. The summed E-state index contributed by atoms with van der Waals surface area (Å²) in [6.45, 7) is 0. The molecule has 6 heteroatoms. The topological polar surface area (TPSA) is 92.5 Å². The van der Waals surface area contributed by atoms with Gasteiger partial charge in [0.25, 0.3) is 0 Å². The number of carbonyl (C=O) groups is 1. The lowest BCUT2D eigenvalue weighted by molar-refractivity contribution is 0.112. The second-order valence-electron chi connectivity index (χ2n) is 3.40. The third-order valence-electron chi connectivity index (χ3n) is 2.26. The van der Waals surface area contributed by atoms with Gasteiger partial charge in [0.05, 0.1) is 0 Å². The molecule has 0 aliphatic rings. The van der Waals surface area contributed by atoms with Crippen molar-refractivity contribution in [3.63, 3.8) is 0 Å². The summed E-state index contributed by atoms with van der Waals surface area (Å²) in [6, 6.07) is 7.92. The average Bonchev–Trinajstić information content (AvgIpc) is 2.28. The molecule has 17 heavy (non-hydrogen) atoms. The summed E-state index contributed by atoms with van der Waals surface area (Å²) in [6.07, 6.45) is 0.621. The van der Waals surface area contributed by atoms with Crippen molar-refractivity contribution < 1.29 is 17.7 Å². The first-order chi connectivity index (χ1) is 8.10. The molecular formula is C11H8NO4S-. The van der Waals surface area contributed by atoms with Crippen LogP contribution in [0.4, 0.5) is 5.69 Å². The van der Waals surface area contributed by atoms with Crippen LogP contribution in [-0.2, 0) is 11.4 Å². The molecule has 1 atom stereocenters. The zero-order chi connectivity index (χ0) is 12.4. The maximum absolute atomic E-state index is 10.7. The van der Waals surface area contributed by atoms with Crippen molar-refractivity contribution in [2.45, 2.75) is 0 Å². The minimum absolute atomic E-state index is 0.0882. The highest BCUT2D eigenvalue weighted by Crippen LogP contribution is 2.29. The Labute approximate surface area is 99.7 Å². The molecule has 0 aromatic heterocycles. The summed E-state index contributed by atoms with van der Waals surface area (Å²) in [5.74, 6) is 0.0882. The first-order valence-corrected chi connectivity index (χ1v) is 5.66. The Kier molecular flexibility index (Phi) is 3.08. The smallest absolute Gasteiger partial charge is 0.150 e. The molecule has 5 nitrogen and oxygen atoms in total. The minimum Gasteiger partial charge on any atom is -0.740 e. The average molecular weight is 250 g/mol. The normalized spacial score (nSPS) is 12.3. The van der Waals surface area contributed by atoms with E-state index in [1.165, 1.54) is 6.07 Å². The summed E-state index contributed by atoms with van der Waals surface area (Å²) in [5.41, 5.74) is 6.44. The first-order valence-electron chi connectivity index (χ1n) is 4.66. The molecule has 1 unspecified atom stereocenters. The molecule has 0 aliphatic carbocycles. The van der Waals surface area contributed by atoms with Gasteiger partial charge in [-0.2, -0.15) is 0 Å². The molecule has 0 amide bonds. The van der Waals surface area contributed by atoms with Crippen LogP contribution in [0.1, 0.15) is 10.4 Å². The highest BCUT2D eigenvalue weighted by Gasteiger charge is 2.06. The Morgan fingerprint density at radius 1 is 1.29 bits per heavy atom. The van der Waals surface area contributed by atoms with Crippen molar-refractivity contribution in [2.24, 2.45) is 0 Å². The largest absolute Gasteiger partial charge is 0.740 e. The van der Waals surface area contributed by atoms with Gasteiger partial charge in [-0.15, -0.1) is 0 Å². The lowest BCUT2D eigenvalue weighted by atomic mass is 10.1. The van der Waals surface area contributed by atoms with E-state index >= 15 is 0 Å². The molecule has 0 radical (unpaired) electrons. The summed E-state index contributed by atoms with van der Waals surface area (Å²) < 4.78 is 25.7. The summed E-state index contributed by atoms with van der Waals surface area (Å²) in [4.78, 5) is 10.7. The Bertz CT molecular complexity index is 612. The van der Waals surface area contributed by atoms with Crippen LogP contribution in [0.3, 0.4) is 0 Å². The van der Waals surface area contributed by atoms with Crippen molar-refractivity contribution in [1.82, 2.24) is 0 Å². The predicted molar refractivity (Wildman–Crippen MR) is 63.3 cm³/mol. The van der Waals surface area contributed by atoms with Gasteiger partial charge >= 0.3 is 0 Å². The zero-order valence-electron chi connectivity index (χ0n) is 8.58. The van der Waals surface area contributed by atoms with E-state index in [2.05, 4.69) is 4.18 Å². The Balaban J connectivity index is 2.71. The quantitative estimate of drug-likeness (QED) is 0.505. The third-order valence-corrected chi connectivity index (χ3v) is 2.57. The van der Waals surface area contributed by atoms with Gasteiger partial charge < -0.3 is 14.5 Å². The first kappa shape index (κ1) is 11.6. The number of aldehydes is 1. The molecule has 88 valence electrons. The molecule has 2 aromatic rings. The van der Waals surface area contributed by atoms with Gasteiger partial charge in [-0.25, -0.2) is 4.21 Å². The second kappa shape index (κ2) is 4.52. The molecular weight excluding hydrogens is 242 g/mol. The van der Waals surface area contributed by atoms with Crippen molar-refractivity contribution >= 4 is 34.1 Å². The summed E-state index contributed by atoms with van der Waals surface area (Å²) in [5, 5.41) is 1.23. The second-order valence-corrected chi connectivity index (χ2v) is 3.98. The maximum atomic E-state index is 10.7. The fourth-order valence-electron chi connectivity index (χ4n) is 1.57. The molecule has 2 N–H and O–H groups in total. The number of nitrogen functional groups attached to an aromatic ring is 1. The van der Waals surface area contributed by atoms with E-state index in [-0.39, 0.29) is 5.75 Å². The van der Waals surface area contributed by atoms with Crippen LogP contribution in [0.15, 0.2) is 30.3 Å². The predicted octanol–water partition coefficient (Wildman–Crippen LogP) is 1.41. The van der Waals surface area contributed by atoms with Crippen LogP contribution in [0.25, 0.3) is 10.8 Å². The van der Waals surface area contributed by atoms with Crippen molar-refractivity contribution in [3.8, 4) is 5.75 Å².